The van der Waals surface area contributed by atoms with Gasteiger partial charge in [-0.3, -0.25) is 4.90 Å². The Morgan fingerprint density at radius 3 is 0.634 bits per heavy atom. The van der Waals surface area contributed by atoms with Gasteiger partial charge in [-0.05, 0) is 313 Å². The number of hydrogen-bond acceptors (Lipinski definition) is 7. The van der Waals surface area contributed by atoms with Gasteiger partial charge in [0.05, 0.1) is 10.8 Å². The minimum absolute atomic E-state index is 0.166. The van der Waals surface area contributed by atoms with Gasteiger partial charge >= 0.3 is 36.4 Å². The molecule has 1 saturated heterocycles. The highest BCUT2D eigenvalue weighted by Crippen LogP contribution is 2.85. The molecule has 0 bridgehead atoms. The first-order chi connectivity index (χ1) is 44.7. The Hall–Kier alpha value is -9.92. The Morgan fingerprint density at radius 1 is 0.290 bits per heavy atom. The van der Waals surface area contributed by atoms with Crippen LogP contribution in [0.15, 0.2) is 0 Å². The molecule has 93 heavy (non-hydrogen) atoms. The van der Waals surface area contributed by atoms with Crippen LogP contribution in [-0.4, -0.2) is 109 Å². The van der Waals surface area contributed by atoms with E-state index in [0.29, 0.717) is 6.54 Å². The fraction of sp³-hybridized carbons (Fsp3) is 0.176. The molecule has 0 aromatic heterocycles. The lowest BCUT2D eigenvalue weighted by atomic mass is 9.52. The summed E-state index contributed by atoms with van der Waals surface area (Å²) in [5.74, 6) is -8.27. The van der Waals surface area contributed by atoms with Gasteiger partial charge in [-0.2, -0.15) is 39.5 Å². The molecule has 28 aromatic carbocycles. The third-order valence-corrected chi connectivity index (χ3v) is 26.7. The molecule has 33 rings (SSSR count). The number of nitrogens with one attached hydrogen (secondary N) is 2. The van der Waals surface area contributed by atoms with Crippen molar-refractivity contribution < 1.29 is 69.2 Å². The number of nitrogens with zero attached hydrogens (tertiary/aromatic N) is 1. The van der Waals surface area contributed by atoms with Crippen LogP contribution < -0.4 is 16.4 Å². The number of benzene rings is 17. The summed E-state index contributed by atoms with van der Waals surface area (Å²) in [6.07, 6.45) is -15.3. The van der Waals surface area contributed by atoms with E-state index in [2.05, 4.69) is 15.5 Å². The predicted molar refractivity (Wildman–Crippen MR) is 346 cm³/mol. The first-order valence-electron chi connectivity index (χ1n) is 31.2. The SMILES string of the molecule is NCCNCCNCCN1CC23c4c5c6c7c8c9c(c%10c%11c2c2c%12c4c4c%13c5c5c7c7c8c8c%14c9c%10c9c%10c%11c2c2c%11c%12c4c4c%12c%13c5c5c7c7c8c8c%14c9c9c%10c2c2c%11c4c4c%12c5c7c5c8c9c2c45)C63C1.O=C(O)C(F)(F)F.O=C(O)C(F)(F)F.O=C(O)C(F)(F)F. The molecular formula is C74H23F9N4O6. The van der Waals surface area contributed by atoms with Gasteiger partial charge in [0.2, 0.25) is 0 Å². The van der Waals surface area contributed by atoms with Crippen molar-refractivity contribution in [2.75, 3.05) is 52.4 Å². The number of rotatable bonds is 8. The summed E-state index contributed by atoms with van der Waals surface area (Å²) in [4.78, 5) is 29.7. The number of carbonyl (C=O) groups is 3. The van der Waals surface area contributed by atoms with Crippen molar-refractivity contribution in [1.82, 2.24) is 15.5 Å². The molecule has 0 saturated carbocycles. The van der Waals surface area contributed by atoms with Crippen molar-refractivity contribution in [3.63, 3.8) is 0 Å². The molecule has 5 aliphatic rings. The second kappa shape index (κ2) is 11.6. The molecule has 1 fully saturated rings. The minimum atomic E-state index is -5.08. The van der Waals surface area contributed by atoms with Gasteiger partial charge < -0.3 is 31.7 Å². The van der Waals surface area contributed by atoms with Gasteiger partial charge in [-0.1, -0.05) is 0 Å². The Kier molecular flexibility index (Phi) is 5.64. The number of likely N-dealkylation sites (tertiary alicyclic amines) is 1. The van der Waals surface area contributed by atoms with Crippen LogP contribution in [0, 0.1) is 0 Å². The average molecular weight is 1240 g/mol. The Morgan fingerprint density at radius 2 is 0.441 bits per heavy atom. The van der Waals surface area contributed by atoms with E-state index < -0.39 is 36.4 Å². The highest BCUT2D eigenvalue weighted by molar-refractivity contribution is 6.82. The maximum Gasteiger partial charge on any atom is 0.490 e. The average Bonchev–Trinajstić information content (AvgIpc) is 1.38. The van der Waals surface area contributed by atoms with Crippen molar-refractivity contribution in [2.24, 2.45) is 5.73 Å². The number of nitrogens with two attached hydrogens (primary N) is 1. The first-order valence-corrected chi connectivity index (χ1v) is 31.2. The third kappa shape index (κ3) is 3.29. The Labute approximate surface area is 501 Å². The molecular weight excluding hydrogens is 1210 g/mol. The number of aliphatic carboxylic acids is 3. The summed E-state index contributed by atoms with van der Waals surface area (Å²) in [5, 5.41) is 120. The lowest BCUT2D eigenvalue weighted by molar-refractivity contribution is -0.193. The molecule has 0 amide bonds. The fourth-order valence-corrected chi connectivity index (χ4v) is 25.8. The van der Waals surface area contributed by atoms with Crippen LogP contribution in [-0.2, 0) is 25.2 Å². The van der Waals surface area contributed by atoms with Gasteiger partial charge in [0.15, 0.2) is 0 Å². The molecule has 2 spiro atoms. The molecule has 19 heteroatoms. The van der Waals surface area contributed by atoms with Crippen molar-refractivity contribution in [1.29, 1.82) is 0 Å². The van der Waals surface area contributed by atoms with Crippen LogP contribution in [0.4, 0.5) is 39.5 Å². The fourth-order valence-electron chi connectivity index (χ4n) is 25.8. The molecule has 2 atom stereocenters. The van der Waals surface area contributed by atoms with Crippen molar-refractivity contribution >= 4 is 309 Å². The highest BCUT2D eigenvalue weighted by Gasteiger charge is 2.73. The largest absolute Gasteiger partial charge is 0.490 e. The molecule has 28 aromatic rings. The zero-order valence-electron chi connectivity index (χ0n) is 46.6. The van der Waals surface area contributed by atoms with Gasteiger partial charge in [0, 0.05) is 52.4 Å². The topological polar surface area (TPSA) is 165 Å². The van der Waals surface area contributed by atoms with Crippen LogP contribution >= 0.6 is 0 Å². The van der Waals surface area contributed by atoms with Gasteiger partial charge in [-0.25, -0.2) is 14.4 Å². The minimum Gasteiger partial charge on any atom is -0.475 e. The van der Waals surface area contributed by atoms with Gasteiger partial charge in [0.25, 0.3) is 0 Å². The van der Waals surface area contributed by atoms with Gasteiger partial charge in [0.1, 0.15) is 0 Å². The van der Waals surface area contributed by atoms with Crippen molar-refractivity contribution in [3.05, 3.63) is 22.3 Å². The molecule has 4 aliphatic carbocycles. The van der Waals surface area contributed by atoms with E-state index in [4.69, 9.17) is 35.4 Å². The molecule has 7 N–H and O–H groups in total. The normalized spacial score (nSPS) is 20.1. The zero-order valence-corrected chi connectivity index (χ0v) is 46.6. The number of hydrogen-bond donors (Lipinski definition) is 6. The second-order valence-electron chi connectivity index (χ2n) is 29.0. The van der Waals surface area contributed by atoms with E-state index >= 15 is 0 Å². The summed E-state index contributed by atoms with van der Waals surface area (Å²) in [7, 11) is 0. The zero-order chi connectivity index (χ0) is 61.4. The number of alkyl halides is 9. The quantitative estimate of drug-likeness (QED) is 0.0490. The van der Waals surface area contributed by atoms with Crippen LogP contribution in [0.1, 0.15) is 22.3 Å². The molecule has 438 valence electrons. The third-order valence-electron chi connectivity index (χ3n) is 26.7. The van der Waals surface area contributed by atoms with E-state index in [1.165, 1.54) is 0 Å². The monoisotopic (exact) mass is 1230 g/mol. The van der Waals surface area contributed by atoms with E-state index in [0.717, 1.165) is 45.8 Å². The van der Waals surface area contributed by atoms with Crippen LogP contribution in [0.5, 0.6) is 0 Å². The lowest BCUT2D eigenvalue weighted by Crippen LogP contribution is -2.49. The summed E-state index contributed by atoms with van der Waals surface area (Å²) >= 11 is 0. The number of carboxylic acids is 3. The molecule has 0 radical (unpaired) electrons. The summed E-state index contributed by atoms with van der Waals surface area (Å²) < 4.78 is 95.2. The Balaban J connectivity index is 0.000000206. The summed E-state index contributed by atoms with van der Waals surface area (Å²) in [5.41, 5.74) is 12.8. The lowest BCUT2D eigenvalue weighted by Gasteiger charge is -2.48. The van der Waals surface area contributed by atoms with Crippen molar-refractivity contribution in [2.45, 2.75) is 29.4 Å². The van der Waals surface area contributed by atoms with Crippen molar-refractivity contribution in [3.8, 4) is 0 Å². The van der Waals surface area contributed by atoms with E-state index in [1.807, 2.05) is 0 Å². The van der Waals surface area contributed by atoms with E-state index in [9.17, 15) is 39.5 Å². The predicted octanol–water partition coefficient (Wildman–Crippen LogP) is 16.6. The molecule has 10 nitrogen and oxygen atoms in total. The molecule has 1 aliphatic heterocycles. The number of halogens is 9. The first kappa shape index (κ1) is 45.4. The Bertz CT molecular complexity index is 7610. The maximum absolute atomic E-state index is 10.6. The van der Waals surface area contributed by atoms with Crippen LogP contribution in [0.2, 0.25) is 0 Å². The molecule has 1 heterocycles. The highest BCUT2D eigenvalue weighted by atomic mass is 19.4. The van der Waals surface area contributed by atoms with Crippen LogP contribution in [0.3, 0.4) is 0 Å². The summed E-state index contributed by atoms with van der Waals surface area (Å²) in [6.45, 7) is 7.81. The van der Waals surface area contributed by atoms with Crippen LogP contribution in [0.25, 0.3) is 291 Å². The maximum atomic E-state index is 10.6. The smallest absolute Gasteiger partial charge is 0.475 e. The number of carboxylic acid groups (broad SMARTS) is 3. The second-order valence-corrected chi connectivity index (χ2v) is 29.0. The van der Waals surface area contributed by atoms with E-state index in [-0.39, 0.29) is 10.8 Å². The standard InChI is InChI=1S/C68H20N4.3C2HF3O2/c69-1-2-70-3-4-71-5-6-72-7-67-63-56-49-37-29-20-11-9-10-12-15(11)24-31(29)39-40-32(24)30-21(12)23-19-14(10)17-16-13(9)18-22(20)35(37)43-41-27(18)25(16)33-34-26(17)28(19)42-44-36(23)38(30)50-52(40)61(60(63)51(39)49)64-57(50)55(44)59-48(42)46(34)53-45(33)47(41)58(54(43)56)65(67)62(53)66(59)68(64,67)8-72;3*3-2(4,5)1(6)7/h70-71H,1-8,69H2;3*(H,6,7). The molecule has 2 unspecified atom stereocenters. The summed E-state index contributed by atoms with van der Waals surface area (Å²) in [6, 6.07) is 0. The van der Waals surface area contributed by atoms with E-state index in [1.54, 1.807) is 313 Å². The van der Waals surface area contributed by atoms with Gasteiger partial charge in [-0.15, -0.1) is 0 Å².